The van der Waals surface area contributed by atoms with Gasteiger partial charge in [-0.3, -0.25) is 4.99 Å². The molecule has 3 heterocycles. The molecule has 3 nitrogen and oxygen atoms in total. The van der Waals surface area contributed by atoms with Crippen LogP contribution in [0.25, 0.3) is 10.9 Å². The van der Waals surface area contributed by atoms with Crippen LogP contribution >= 0.6 is 0 Å². The first-order valence-corrected chi connectivity index (χ1v) is 7.68. The molecule has 2 aromatic rings. The summed E-state index contributed by atoms with van der Waals surface area (Å²) in [5.41, 5.74) is 2.77. The average Bonchev–Trinajstić information content (AvgIpc) is 3.18. The van der Waals surface area contributed by atoms with Gasteiger partial charge in [0.25, 0.3) is 0 Å². The highest BCUT2D eigenvalue weighted by Gasteiger charge is 2.29. The van der Waals surface area contributed by atoms with Crippen LogP contribution in [0.1, 0.15) is 37.3 Å². The Labute approximate surface area is 119 Å². The van der Waals surface area contributed by atoms with Crippen LogP contribution in [0.5, 0.6) is 0 Å². The number of nitrogens with zero attached hydrogens (tertiary/aromatic N) is 3. The molecule has 1 fully saturated rings. The fourth-order valence-electron chi connectivity index (χ4n) is 3.69. The van der Waals surface area contributed by atoms with E-state index in [4.69, 9.17) is 4.99 Å². The molecular formula is C17H21N3. The van der Waals surface area contributed by atoms with Crippen LogP contribution in [0.3, 0.4) is 0 Å². The topological polar surface area (TPSA) is 20.5 Å². The predicted octanol–water partition coefficient (Wildman–Crippen LogP) is 3.51. The van der Waals surface area contributed by atoms with Gasteiger partial charge in [0.2, 0.25) is 0 Å². The lowest BCUT2D eigenvalue weighted by molar-refractivity contribution is 0.395. The van der Waals surface area contributed by atoms with Crippen LogP contribution in [0.4, 0.5) is 0 Å². The minimum Gasteiger partial charge on any atom is -0.353 e. The third-order valence-electron chi connectivity index (χ3n) is 4.73. The van der Waals surface area contributed by atoms with E-state index in [0.29, 0.717) is 6.04 Å². The number of hydrogen-bond acceptors (Lipinski definition) is 2. The Morgan fingerprint density at radius 3 is 3.00 bits per heavy atom. The van der Waals surface area contributed by atoms with Crippen LogP contribution in [0.15, 0.2) is 35.5 Å². The first-order valence-electron chi connectivity index (χ1n) is 7.68. The van der Waals surface area contributed by atoms with E-state index in [9.17, 15) is 0 Å². The van der Waals surface area contributed by atoms with Crippen molar-refractivity contribution in [2.24, 2.45) is 12.0 Å². The van der Waals surface area contributed by atoms with Crippen molar-refractivity contribution >= 4 is 16.7 Å². The van der Waals surface area contributed by atoms with E-state index in [1.807, 2.05) is 0 Å². The van der Waals surface area contributed by atoms with Crippen molar-refractivity contribution in [1.82, 2.24) is 9.47 Å². The van der Waals surface area contributed by atoms with Gasteiger partial charge in [0.1, 0.15) is 0 Å². The second-order valence-corrected chi connectivity index (χ2v) is 6.00. The number of aromatic nitrogens is 1. The van der Waals surface area contributed by atoms with Gasteiger partial charge >= 0.3 is 0 Å². The molecule has 0 spiro atoms. The quantitative estimate of drug-likeness (QED) is 0.774. The zero-order chi connectivity index (χ0) is 13.5. The van der Waals surface area contributed by atoms with Gasteiger partial charge in [-0.1, -0.05) is 6.07 Å². The number of likely N-dealkylation sites (tertiary alicyclic amines) is 1. The molecule has 1 unspecified atom stereocenters. The monoisotopic (exact) mass is 267 g/mol. The van der Waals surface area contributed by atoms with Crippen molar-refractivity contribution in [3.05, 3.63) is 36.0 Å². The molecule has 1 atom stereocenters. The highest BCUT2D eigenvalue weighted by Crippen LogP contribution is 2.35. The van der Waals surface area contributed by atoms with Crippen molar-refractivity contribution < 1.29 is 0 Å². The van der Waals surface area contributed by atoms with Gasteiger partial charge < -0.3 is 9.47 Å². The largest absolute Gasteiger partial charge is 0.353 e. The molecule has 1 saturated heterocycles. The molecule has 0 amide bonds. The minimum absolute atomic E-state index is 0.538. The molecule has 3 heteroatoms. The molecular weight excluding hydrogens is 246 g/mol. The number of amidine groups is 1. The molecule has 1 aromatic heterocycles. The summed E-state index contributed by atoms with van der Waals surface area (Å²) in [5.74, 6) is 1.35. The summed E-state index contributed by atoms with van der Waals surface area (Å²) >= 11 is 0. The summed E-state index contributed by atoms with van der Waals surface area (Å²) < 4.78 is 2.19. The second kappa shape index (κ2) is 4.65. The third-order valence-corrected chi connectivity index (χ3v) is 4.73. The lowest BCUT2D eigenvalue weighted by Crippen LogP contribution is -2.29. The normalized spacial score (nSPS) is 22.8. The molecule has 0 aliphatic carbocycles. The number of rotatable bonds is 1. The Bertz CT molecular complexity index is 668. The Morgan fingerprint density at radius 1 is 1.20 bits per heavy atom. The molecule has 0 radical (unpaired) electrons. The van der Waals surface area contributed by atoms with Gasteiger partial charge in [-0.05, 0) is 48.4 Å². The highest BCUT2D eigenvalue weighted by molar-refractivity contribution is 5.85. The smallest absolute Gasteiger partial charge is 0.0994 e. The van der Waals surface area contributed by atoms with Gasteiger partial charge in [-0.2, -0.15) is 0 Å². The molecule has 1 aromatic carbocycles. The van der Waals surface area contributed by atoms with E-state index in [1.165, 1.54) is 54.5 Å². The van der Waals surface area contributed by atoms with E-state index in [-0.39, 0.29) is 0 Å². The maximum Gasteiger partial charge on any atom is 0.0994 e. The Balaban J connectivity index is 1.70. The number of aliphatic imine (C=N–C) groups is 1. The third kappa shape index (κ3) is 1.84. The number of benzene rings is 1. The van der Waals surface area contributed by atoms with Gasteiger partial charge in [-0.25, -0.2) is 0 Å². The average molecular weight is 267 g/mol. The van der Waals surface area contributed by atoms with E-state index in [0.717, 1.165) is 6.54 Å². The lowest BCUT2D eigenvalue weighted by Gasteiger charge is -2.27. The van der Waals surface area contributed by atoms with Crippen molar-refractivity contribution in [2.75, 3.05) is 13.1 Å². The first-order chi connectivity index (χ1) is 9.83. The number of fused-ring (bicyclic) bond motifs is 1. The van der Waals surface area contributed by atoms with E-state index in [2.05, 4.69) is 47.0 Å². The molecule has 0 N–H and O–H groups in total. The van der Waals surface area contributed by atoms with Crippen molar-refractivity contribution in [2.45, 2.75) is 31.7 Å². The zero-order valence-corrected chi connectivity index (χ0v) is 12.0. The summed E-state index contributed by atoms with van der Waals surface area (Å²) in [6, 6.07) is 9.69. The Hall–Kier alpha value is -1.77. The second-order valence-electron chi connectivity index (χ2n) is 6.00. The summed E-state index contributed by atoms with van der Waals surface area (Å²) in [7, 11) is 2.11. The minimum atomic E-state index is 0.538. The summed E-state index contributed by atoms with van der Waals surface area (Å²) in [4.78, 5) is 7.25. The molecule has 2 aliphatic rings. The van der Waals surface area contributed by atoms with Crippen LogP contribution in [0, 0.1) is 0 Å². The van der Waals surface area contributed by atoms with Gasteiger partial charge in [-0.15, -0.1) is 0 Å². The van der Waals surface area contributed by atoms with E-state index >= 15 is 0 Å². The van der Waals surface area contributed by atoms with Gasteiger partial charge in [0.05, 0.1) is 11.9 Å². The van der Waals surface area contributed by atoms with Gasteiger partial charge in [0.15, 0.2) is 0 Å². The molecule has 4 rings (SSSR count). The maximum atomic E-state index is 4.70. The number of hydrogen-bond donors (Lipinski definition) is 0. The summed E-state index contributed by atoms with van der Waals surface area (Å²) in [5, 5.41) is 1.35. The van der Waals surface area contributed by atoms with Crippen molar-refractivity contribution in [3.63, 3.8) is 0 Å². The summed E-state index contributed by atoms with van der Waals surface area (Å²) in [6.07, 6.45) is 7.09. The molecule has 0 bridgehead atoms. The molecule has 104 valence electrons. The fourth-order valence-corrected chi connectivity index (χ4v) is 3.69. The van der Waals surface area contributed by atoms with Crippen molar-refractivity contribution in [1.29, 1.82) is 0 Å². The lowest BCUT2D eigenvalue weighted by atomic mass is 10.0. The maximum absolute atomic E-state index is 4.70. The van der Waals surface area contributed by atoms with Crippen LogP contribution in [-0.4, -0.2) is 28.4 Å². The highest BCUT2D eigenvalue weighted by atomic mass is 15.2. The Morgan fingerprint density at radius 2 is 2.15 bits per heavy atom. The van der Waals surface area contributed by atoms with Gasteiger partial charge in [0, 0.05) is 38.3 Å². The van der Waals surface area contributed by atoms with Crippen molar-refractivity contribution in [3.8, 4) is 0 Å². The molecule has 20 heavy (non-hydrogen) atoms. The van der Waals surface area contributed by atoms with Crippen LogP contribution < -0.4 is 0 Å². The first kappa shape index (κ1) is 12.0. The zero-order valence-electron chi connectivity index (χ0n) is 12.0. The number of aryl methyl sites for hydroxylation is 1. The van der Waals surface area contributed by atoms with Crippen LogP contribution in [-0.2, 0) is 7.05 Å². The molecule has 0 saturated carbocycles. The fraction of sp³-hybridized carbons (Fsp3) is 0.471. The van der Waals surface area contributed by atoms with E-state index in [1.54, 1.807) is 0 Å². The predicted molar refractivity (Wildman–Crippen MR) is 83.1 cm³/mol. The standard InChI is InChI=1S/C17H21N3/c1-19-11-8-14-12-13(6-7-15(14)19)16-4-3-10-20(16)17-5-2-9-18-17/h6-8,11-12,16H,2-5,9-10H2,1H3. The van der Waals surface area contributed by atoms with E-state index < -0.39 is 0 Å². The molecule has 2 aliphatic heterocycles. The summed E-state index contributed by atoms with van der Waals surface area (Å²) in [6.45, 7) is 2.20. The van der Waals surface area contributed by atoms with Crippen LogP contribution in [0.2, 0.25) is 0 Å². The SMILES string of the molecule is Cn1ccc2cc(C3CCCN3C3=NCCC3)ccc21. The Kier molecular flexibility index (Phi) is 2.79.